The van der Waals surface area contributed by atoms with Gasteiger partial charge >= 0.3 is 0 Å². The number of rotatable bonds is 2. The maximum atomic E-state index is 4.53. The second-order valence-corrected chi connectivity index (χ2v) is 4.57. The molecule has 1 heterocycles. The summed E-state index contributed by atoms with van der Waals surface area (Å²) in [7, 11) is 0. The third kappa shape index (κ3) is 2.00. The molecule has 2 rings (SSSR count). The van der Waals surface area contributed by atoms with Gasteiger partial charge in [0.25, 0.3) is 0 Å². The molecular formula is C13H13NS. The average molecular weight is 215 g/mol. The Balaban J connectivity index is 2.45. The van der Waals surface area contributed by atoms with Crippen molar-refractivity contribution in [3.05, 3.63) is 47.0 Å². The maximum Gasteiger partial charge on any atom is 0.124 e. The molecule has 1 aromatic heterocycles. The van der Waals surface area contributed by atoms with Crippen LogP contribution in [0.3, 0.4) is 0 Å². The Kier molecular flexibility index (Phi) is 2.69. The summed E-state index contributed by atoms with van der Waals surface area (Å²) < 4.78 is 0. The Morgan fingerprint density at radius 3 is 2.40 bits per heavy atom. The van der Waals surface area contributed by atoms with Crippen molar-refractivity contribution in [2.24, 2.45) is 0 Å². The van der Waals surface area contributed by atoms with E-state index in [1.807, 2.05) is 13.0 Å². The zero-order chi connectivity index (χ0) is 10.8. The number of aromatic nitrogens is 1. The molecule has 0 saturated carbocycles. The lowest BCUT2D eigenvalue weighted by atomic mass is 10.2. The Morgan fingerprint density at radius 1 is 1.20 bits per heavy atom. The fraction of sp³-hybridized carbons (Fsp3) is 0.154. The van der Waals surface area contributed by atoms with Gasteiger partial charge in [-0.3, -0.25) is 0 Å². The summed E-state index contributed by atoms with van der Waals surface area (Å²) in [4.78, 5) is 5.69. The van der Waals surface area contributed by atoms with Crippen LogP contribution in [-0.4, -0.2) is 4.98 Å². The predicted molar refractivity (Wildman–Crippen MR) is 67.1 cm³/mol. The Bertz CT molecular complexity index is 480. The van der Waals surface area contributed by atoms with Crippen LogP contribution in [0, 0.1) is 13.8 Å². The highest BCUT2D eigenvalue weighted by Gasteiger charge is 2.06. The van der Waals surface area contributed by atoms with Gasteiger partial charge in [-0.15, -0.1) is 11.3 Å². The molecule has 0 N–H and O–H groups in total. The second kappa shape index (κ2) is 3.99. The van der Waals surface area contributed by atoms with Crippen molar-refractivity contribution >= 4 is 17.4 Å². The minimum absolute atomic E-state index is 1.06. The average Bonchev–Trinajstić information content (AvgIpc) is 2.61. The lowest BCUT2D eigenvalue weighted by molar-refractivity contribution is 1.26. The molecular weight excluding hydrogens is 202 g/mol. The summed E-state index contributed by atoms with van der Waals surface area (Å²) in [6, 6.07) is 8.44. The van der Waals surface area contributed by atoms with Crippen molar-refractivity contribution in [2.45, 2.75) is 13.8 Å². The quantitative estimate of drug-likeness (QED) is 0.736. The molecule has 0 amide bonds. The molecule has 15 heavy (non-hydrogen) atoms. The van der Waals surface area contributed by atoms with Crippen LogP contribution >= 0.6 is 11.3 Å². The van der Waals surface area contributed by atoms with Crippen LogP contribution in [0.4, 0.5) is 0 Å². The predicted octanol–water partition coefficient (Wildman–Crippen LogP) is 4.07. The van der Waals surface area contributed by atoms with Crippen LogP contribution < -0.4 is 0 Å². The molecule has 0 unspecified atom stereocenters. The van der Waals surface area contributed by atoms with E-state index >= 15 is 0 Å². The third-order valence-electron chi connectivity index (χ3n) is 2.32. The zero-order valence-corrected chi connectivity index (χ0v) is 9.77. The van der Waals surface area contributed by atoms with Crippen LogP contribution in [0.25, 0.3) is 16.6 Å². The van der Waals surface area contributed by atoms with E-state index in [0.717, 1.165) is 15.6 Å². The minimum atomic E-state index is 1.06. The number of thiazole rings is 1. The smallest absolute Gasteiger partial charge is 0.124 e. The molecule has 0 bridgehead atoms. The molecule has 0 aliphatic heterocycles. The number of nitrogens with zero attached hydrogens (tertiary/aromatic N) is 1. The maximum absolute atomic E-state index is 4.53. The van der Waals surface area contributed by atoms with Crippen LogP contribution in [-0.2, 0) is 0 Å². The molecule has 76 valence electrons. The number of aryl methyl sites for hydroxylation is 2. The first kappa shape index (κ1) is 10.1. The molecule has 2 aromatic rings. The molecule has 1 aromatic carbocycles. The lowest BCUT2D eigenvalue weighted by Crippen LogP contribution is -1.77. The topological polar surface area (TPSA) is 12.9 Å². The molecule has 1 nitrogen and oxygen atoms in total. The van der Waals surface area contributed by atoms with E-state index in [2.05, 4.69) is 42.8 Å². The monoisotopic (exact) mass is 215 g/mol. The van der Waals surface area contributed by atoms with Gasteiger partial charge in [-0.05, 0) is 13.8 Å². The highest BCUT2D eigenvalue weighted by atomic mass is 32.1. The highest BCUT2D eigenvalue weighted by molar-refractivity contribution is 7.16. The zero-order valence-electron chi connectivity index (χ0n) is 8.95. The van der Waals surface area contributed by atoms with E-state index < -0.39 is 0 Å². The van der Waals surface area contributed by atoms with E-state index in [1.165, 1.54) is 11.1 Å². The van der Waals surface area contributed by atoms with Gasteiger partial charge < -0.3 is 0 Å². The summed E-state index contributed by atoms with van der Waals surface area (Å²) in [6.45, 7) is 7.89. The molecule has 0 aliphatic carbocycles. The molecule has 0 atom stereocenters. The Labute approximate surface area is 94.1 Å². The van der Waals surface area contributed by atoms with Gasteiger partial charge in [0.1, 0.15) is 5.01 Å². The van der Waals surface area contributed by atoms with Crippen LogP contribution in [0.15, 0.2) is 30.8 Å². The summed E-state index contributed by atoms with van der Waals surface area (Å²) in [6.07, 6.45) is 1.87. The fourth-order valence-electron chi connectivity index (χ4n) is 1.42. The van der Waals surface area contributed by atoms with Gasteiger partial charge in [0.15, 0.2) is 0 Å². The van der Waals surface area contributed by atoms with Crippen LogP contribution in [0.5, 0.6) is 0 Å². The Hall–Kier alpha value is -1.41. The van der Waals surface area contributed by atoms with Gasteiger partial charge in [0.2, 0.25) is 0 Å². The number of hydrogen-bond donors (Lipinski definition) is 0. The van der Waals surface area contributed by atoms with Gasteiger partial charge in [-0.2, -0.15) is 0 Å². The van der Waals surface area contributed by atoms with Crippen molar-refractivity contribution < 1.29 is 0 Å². The second-order valence-electron chi connectivity index (χ2n) is 3.54. The van der Waals surface area contributed by atoms with Gasteiger partial charge in [-0.25, -0.2) is 4.98 Å². The molecule has 0 aliphatic rings. The summed E-state index contributed by atoms with van der Waals surface area (Å²) in [5, 5.41) is 1.07. The lowest BCUT2D eigenvalue weighted by Gasteiger charge is -1.96. The number of hydrogen-bond acceptors (Lipinski definition) is 2. The molecule has 0 radical (unpaired) electrons. The van der Waals surface area contributed by atoms with E-state index in [4.69, 9.17) is 0 Å². The third-order valence-corrected chi connectivity index (χ3v) is 3.52. The first-order valence-corrected chi connectivity index (χ1v) is 5.69. The van der Waals surface area contributed by atoms with Crippen molar-refractivity contribution in [2.75, 3.05) is 0 Å². The van der Waals surface area contributed by atoms with E-state index in [1.54, 1.807) is 11.3 Å². The largest absolute Gasteiger partial charge is 0.241 e. The minimum Gasteiger partial charge on any atom is -0.241 e. The molecule has 0 spiro atoms. The van der Waals surface area contributed by atoms with E-state index in [-0.39, 0.29) is 0 Å². The van der Waals surface area contributed by atoms with Crippen molar-refractivity contribution in [3.8, 4) is 10.6 Å². The van der Waals surface area contributed by atoms with Gasteiger partial charge in [0.05, 0.1) is 5.69 Å². The van der Waals surface area contributed by atoms with E-state index in [9.17, 15) is 0 Å². The molecule has 0 saturated heterocycles. The van der Waals surface area contributed by atoms with Crippen LogP contribution in [0.1, 0.15) is 16.1 Å². The van der Waals surface area contributed by atoms with Gasteiger partial charge in [-0.1, -0.05) is 42.5 Å². The fourth-order valence-corrected chi connectivity index (χ4v) is 2.34. The van der Waals surface area contributed by atoms with Crippen LogP contribution in [0.2, 0.25) is 0 Å². The molecule has 0 fully saturated rings. The first-order chi connectivity index (χ1) is 7.20. The standard InChI is InChI=1S/C13H13NS/c1-4-12-10(3)14-13(15-12)11-7-5-9(2)6-8-11/h4-8H,1H2,2-3H3. The van der Waals surface area contributed by atoms with E-state index in [0.29, 0.717) is 0 Å². The highest BCUT2D eigenvalue weighted by Crippen LogP contribution is 2.28. The summed E-state index contributed by atoms with van der Waals surface area (Å²) in [5.41, 5.74) is 3.52. The summed E-state index contributed by atoms with van der Waals surface area (Å²) >= 11 is 1.69. The SMILES string of the molecule is C=Cc1sc(-c2ccc(C)cc2)nc1C. The summed E-state index contributed by atoms with van der Waals surface area (Å²) in [5.74, 6) is 0. The molecule has 2 heteroatoms. The normalized spacial score (nSPS) is 10.3. The van der Waals surface area contributed by atoms with Crippen molar-refractivity contribution in [1.29, 1.82) is 0 Å². The van der Waals surface area contributed by atoms with Crippen molar-refractivity contribution in [1.82, 2.24) is 4.98 Å². The number of benzene rings is 1. The Morgan fingerprint density at radius 2 is 1.87 bits per heavy atom. The first-order valence-electron chi connectivity index (χ1n) is 4.87. The van der Waals surface area contributed by atoms with Gasteiger partial charge in [0, 0.05) is 10.4 Å². The van der Waals surface area contributed by atoms with Crippen molar-refractivity contribution in [3.63, 3.8) is 0 Å².